The first-order valence-electron chi connectivity index (χ1n) is 8.60. The smallest absolute Gasteiger partial charge is 0.341 e. The van der Waals surface area contributed by atoms with Gasteiger partial charge in [-0.15, -0.1) is 0 Å². The molecule has 25 heavy (non-hydrogen) atoms. The minimum absolute atomic E-state index is 0.0537. The van der Waals surface area contributed by atoms with E-state index in [1.165, 1.54) is 6.21 Å². The summed E-state index contributed by atoms with van der Waals surface area (Å²) in [5.41, 5.74) is 2.52. The Kier molecular flexibility index (Phi) is 9.21. The number of allylic oxidation sites excluding steroid dienone is 3. The lowest BCUT2D eigenvalue weighted by Crippen LogP contribution is -2.28. The molecule has 2 N–H and O–H groups in total. The molecule has 0 saturated heterocycles. The van der Waals surface area contributed by atoms with Crippen LogP contribution in [0.1, 0.15) is 34.1 Å². The number of ketones is 1. The summed E-state index contributed by atoms with van der Waals surface area (Å²) in [5.74, 6) is -0.343. The van der Waals surface area contributed by atoms with Crippen molar-refractivity contribution in [1.82, 2.24) is 10.6 Å². The van der Waals surface area contributed by atoms with E-state index in [1.807, 2.05) is 20.8 Å². The SMILES string of the molecule is CCOC(=O)/C1=C(\C)NCCN/C(C)=C(/C(=O)CC)C=NCCN=C1. The highest BCUT2D eigenvalue weighted by molar-refractivity contribution is 6.13. The summed E-state index contributed by atoms with van der Waals surface area (Å²) in [6.45, 7) is 9.65. The average Bonchev–Trinajstić information content (AvgIpc) is 2.59. The highest BCUT2D eigenvalue weighted by atomic mass is 16.5. The van der Waals surface area contributed by atoms with Gasteiger partial charge in [-0.25, -0.2) is 4.79 Å². The van der Waals surface area contributed by atoms with Gasteiger partial charge >= 0.3 is 5.97 Å². The van der Waals surface area contributed by atoms with Crippen LogP contribution in [0.2, 0.25) is 0 Å². The van der Waals surface area contributed by atoms with Crippen molar-refractivity contribution < 1.29 is 14.3 Å². The molecule has 0 unspecified atom stereocenters. The molecule has 0 amide bonds. The molecule has 1 rings (SSSR count). The molecule has 0 fully saturated rings. The zero-order valence-electron chi connectivity index (χ0n) is 15.5. The van der Waals surface area contributed by atoms with Crippen LogP contribution >= 0.6 is 0 Å². The number of Topliss-reactive ketones (excluding diaryl/α,β-unsaturated/α-hetero) is 1. The Morgan fingerprint density at radius 3 is 2.04 bits per heavy atom. The predicted molar refractivity (Wildman–Crippen MR) is 100 cm³/mol. The van der Waals surface area contributed by atoms with Crippen LogP contribution in [-0.4, -0.2) is 57.0 Å². The number of rotatable bonds is 4. The van der Waals surface area contributed by atoms with Gasteiger partial charge in [0.15, 0.2) is 5.78 Å². The number of nitrogens with zero attached hydrogens (tertiary/aromatic N) is 2. The molecule has 138 valence electrons. The Hall–Kier alpha value is -2.44. The van der Waals surface area contributed by atoms with E-state index in [9.17, 15) is 9.59 Å². The van der Waals surface area contributed by atoms with E-state index >= 15 is 0 Å². The summed E-state index contributed by atoms with van der Waals surface area (Å²) in [5, 5.41) is 6.41. The van der Waals surface area contributed by atoms with Crippen LogP contribution in [0.15, 0.2) is 32.5 Å². The van der Waals surface area contributed by atoms with Crippen molar-refractivity contribution >= 4 is 24.2 Å². The molecular weight excluding hydrogens is 320 g/mol. The van der Waals surface area contributed by atoms with Crippen molar-refractivity contribution in [3.05, 3.63) is 22.5 Å². The molecule has 0 radical (unpaired) electrons. The lowest BCUT2D eigenvalue weighted by atomic mass is 10.1. The molecule has 0 bridgehead atoms. The molecule has 1 heterocycles. The molecule has 0 aliphatic carbocycles. The largest absolute Gasteiger partial charge is 0.462 e. The van der Waals surface area contributed by atoms with Gasteiger partial charge in [0, 0.05) is 43.3 Å². The lowest BCUT2D eigenvalue weighted by molar-refractivity contribution is -0.137. The topological polar surface area (TPSA) is 92.2 Å². The second kappa shape index (κ2) is 11.2. The monoisotopic (exact) mass is 348 g/mol. The molecule has 7 nitrogen and oxygen atoms in total. The molecule has 0 spiro atoms. The normalized spacial score (nSPS) is 22.6. The van der Waals surface area contributed by atoms with Crippen molar-refractivity contribution in [2.75, 3.05) is 32.8 Å². The fourth-order valence-corrected chi connectivity index (χ4v) is 2.20. The van der Waals surface area contributed by atoms with Gasteiger partial charge in [-0.1, -0.05) is 6.92 Å². The fraction of sp³-hybridized carbons (Fsp3) is 0.556. The van der Waals surface area contributed by atoms with Gasteiger partial charge in [0.25, 0.3) is 0 Å². The van der Waals surface area contributed by atoms with E-state index in [-0.39, 0.29) is 5.78 Å². The molecule has 1 aliphatic rings. The summed E-state index contributed by atoms with van der Waals surface area (Å²) in [6.07, 6.45) is 3.56. The summed E-state index contributed by atoms with van der Waals surface area (Å²) in [6, 6.07) is 0. The van der Waals surface area contributed by atoms with Crippen molar-refractivity contribution in [2.45, 2.75) is 34.1 Å². The van der Waals surface area contributed by atoms with Crippen LogP contribution in [0.5, 0.6) is 0 Å². The maximum Gasteiger partial charge on any atom is 0.341 e. The number of nitrogens with one attached hydrogen (secondary N) is 2. The lowest BCUT2D eigenvalue weighted by Gasteiger charge is -2.14. The van der Waals surface area contributed by atoms with Crippen molar-refractivity contribution in [2.24, 2.45) is 9.98 Å². The summed E-state index contributed by atoms with van der Waals surface area (Å²) in [7, 11) is 0. The van der Waals surface area contributed by atoms with Crippen LogP contribution in [0.4, 0.5) is 0 Å². The van der Waals surface area contributed by atoms with E-state index in [1.54, 1.807) is 13.1 Å². The number of carbonyl (C=O) groups excluding carboxylic acids is 2. The zero-order valence-corrected chi connectivity index (χ0v) is 15.5. The Morgan fingerprint density at radius 1 is 1.00 bits per heavy atom. The summed E-state index contributed by atoms with van der Waals surface area (Å²) >= 11 is 0. The van der Waals surface area contributed by atoms with Gasteiger partial charge in [0.2, 0.25) is 0 Å². The third-order valence-electron chi connectivity index (χ3n) is 3.63. The third kappa shape index (κ3) is 6.91. The Morgan fingerprint density at radius 2 is 1.52 bits per heavy atom. The van der Waals surface area contributed by atoms with Crippen LogP contribution in [0.3, 0.4) is 0 Å². The molecule has 0 atom stereocenters. The second-order valence-corrected chi connectivity index (χ2v) is 5.50. The molecule has 1 aliphatic heterocycles. The summed E-state index contributed by atoms with van der Waals surface area (Å²) < 4.78 is 5.07. The number of ether oxygens (including phenoxy) is 1. The fourth-order valence-electron chi connectivity index (χ4n) is 2.20. The Balaban J connectivity index is 2.98. The Bertz CT molecular complexity index is 603. The minimum Gasteiger partial charge on any atom is -0.462 e. The highest BCUT2D eigenvalue weighted by Crippen LogP contribution is 2.05. The van der Waals surface area contributed by atoms with Crippen LogP contribution in [-0.2, 0) is 14.3 Å². The number of esters is 1. The first kappa shape index (κ1) is 20.6. The van der Waals surface area contributed by atoms with Crippen molar-refractivity contribution in [3.63, 3.8) is 0 Å². The molecule has 0 aromatic rings. The van der Waals surface area contributed by atoms with Gasteiger partial charge in [0.1, 0.15) is 0 Å². The second-order valence-electron chi connectivity index (χ2n) is 5.50. The van der Waals surface area contributed by atoms with E-state index in [0.29, 0.717) is 56.0 Å². The zero-order chi connectivity index (χ0) is 18.7. The average molecular weight is 348 g/mol. The van der Waals surface area contributed by atoms with E-state index in [0.717, 1.165) is 5.70 Å². The maximum absolute atomic E-state index is 12.1. The first-order valence-corrected chi connectivity index (χ1v) is 8.60. The quantitative estimate of drug-likeness (QED) is 0.750. The van der Waals surface area contributed by atoms with Gasteiger partial charge < -0.3 is 15.4 Å². The maximum atomic E-state index is 12.1. The molecule has 0 aromatic heterocycles. The van der Waals surface area contributed by atoms with Gasteiger partial charge in [-0.2, -0.15) is 0 Å². The van der Waals surface area contributed by atoms with Crippen LogP contribution in [0.25, 0.3) is 0 Å². The molecular formula is C18H28N4O3. The standard InChI is InChI=1S/C18H28N4O3/c1-5-17(23)15-11-19-7-8-20-12-16(18(24)25-6-2)14(4)22-10-9-21-13(15)3/h11-12,21-22H,5-10H2,1-4H3/b15-13+,16-14+,19-11?,20-12?. The van der Waals surface area contributed by atoms with Crippen LogP contribution < -0.4 is 10.6 Å². The predicted octanol–water partition coefficient (Wildman–Crippen LogP) is 1.41. The van der Waals surface area contributed by atoms with E-state index in [2.05, 4.69) is 20.6 Å². The van der Waals surface area contributed by atoms with Gasteiger partial charge in [-0.05, 0) is 20.8 Å². The van der Waals surface area contributed by atoms with E-state index in [4.69, 9.17) is 4.74 Å². The van der Waals surface area contributed by atoms with Gasteiger partial charge in [0.05, 0.1) is 30.8 Å². The summed E-state index contributed by atoms with van der Waals surface area (Å²) in [4.78, 5) is 32.6. The number of aliphatic imine (C=N–C) groups is 2. The molecule has 7 heteroatoms. The molecule has 0 saturated carbocycles. The Labute approximate surface area is 149 Å². The first-order chi connectivity index (χ1) is 12.0. The van der Waals surface area contributed by atoms with Crippen molar-refractivity contribution in [3.8, 4) is 0 Å². The van der Waals surface area contributed by atoms with Gasteiger partial charge in [-0.3, -0.25) is 14.8 Å². The van der Waals surface area contributed by atoms with Crippen LogP contribution in [0, 0.1) is 0 Å². The van der Waals surface area contributed by atoms with Crippen molar-refractivity contribution in [1.29, 1.82) is 0 Å². The highest BCUT2D eigenvalue weighted by Gasteiger charge is 2.13. The minimum atomic E-state index is -0.397. The number of hydrogen-bond donors (Lipinski definition) is 2. The van der Waals surface area contributed by atoms with E-state index < -0.39 is 5.97 Å². The third-order valence-corrected chi connectivity index (χ3v) is 3.63. The number of carbonyl (C=O) groups is 2. The molecule has 0 aromatic carbocycles. The number of hydrogen-bond acceptors (Lipinski definition) is 7.